The maximum absolute atomic E-state index is 11.5. The van der Waals surface area contributed by atoms with Crippen molar-refractivity contribution in [3.05, 3.63) is 125 Å². The van der Waals surface area contributed by atoms with Gasteiger partial charge in [0.05, 0.1) is 0 Å². The number of aromatic hydroxyl groups is 1. The second-order valence-corrected chi connectivity index (χ2v) is 9.27. The van der Waals surface area contributed by atoms with Crippen molar-refractivity contribution in [3.8, 4) is 16.9 Å². The molecule has 0 amide bonds. The van der Waals surface area contributed by atoms with E-state index in [1.165, 1.54) is 16.7 Å². The van der Waals surface area contributed by atoms with Crippen LogP contribution in [0.25, 0.3) is 11.1 Å². The number of benzene rings is 4. The van der Waals surface area contributed by atoms with Gasteiger partial charge in [-0.05, 0) is 28.3 Å². The third-order valence-electron chi connectivity index (χ3n) is 6.58. The minimum Gasteiger partial charge on any atom is -0.507 e. The van der Waals surface area contributed by atoms with Crippen molar-refractivity contribution in [2.45, 2.75) is 38.5 Å². The fourth-order valence-electron chi connectivity index (χ4n) is 4.34. The zero-order valence-corrected chi connectivity index (χ0v) is 18.8. The van der Waals surface area contributed by atoms with Gasteiger partial charge >= 0.3 is 0 Å². The van der Waals surface area contributed by atoms with Crippen molar-refractivity contribution < 1.29 is 5.11 Å². The van der Waals surface area contributed by atoms with E-state index in [4.69, 9.17) is 0 Å². The van der Waals surface area contributed by atoms with Gasteiger partial charge in [-0.3, -0.25) is 0 Å². The van der Waals surface area contributed by atoms with Crippen molar-refractivity contribution in [1.29, 1.82) is 0 Å². The standard InChI is InChI=1S/C30H30O/c1-29(2,23-16-10-6-11-17-23)25-20-26(22-14-8-5-9-15-22)28(31)27(21-25)30(3,4)24-18-12-7-13-19-24/h5-21,31H,1-4H3. The topological polar surface area (TPSA) is 20.2 Å². The van der Waals surface area contributed by atoms with Crippen LogP contribution in [0.1, 0.15) is 49.9 Å². The Labute approximate surface area is 186 Å². The van der Waals surface area contributed by atoms with Gasteiger partial charge in [-0.1, -0.05) is 125 Å². The van der Waals surface area contributed by atoms with E-state index >= 15 is 0 Å². The molecule has 1 N–H and O–H groups in total. The lowest BCUT2D eigenvalue weighted by atomic mass is 9.71. The van der Waals surface area contributed by atoms with E-state index in [1.54, 1.807) is 0 Å². The summed E-state index contributed by atoms with van der Waals surface area (Å²) in [6, 6.07) is 35.5. The van der Waals surface area contributed by atoms with Crippen molar-refractivity contribution >= 4 is 0 Å². The van der Waals surface area contributed by atoms with Crippen molar-refractivity contribution in [2.75, 3.05) is 0 Å². The molecule has 0 aliphatic rings. The molecule has 0 aliphatic carbocycles. The van der Waals surface area contributed by atoms with Crippen LogP contribution in [0.2, 0.25) is 0 Å². The maximum Gasteiger partial charge on any atom is 0.127 e. The summed E-state index contributed by atoms with van der Waals surface area (Å²) in [5.74, 6) is 0.354. The Bertz CT molecular complexity index is 1160. The van der Waals surface area contributed by atoms with Gasteiger partial charge in [0, 0.05) is 22.0 Å². The molecule has 1 nitrogen and oxygen atoms in total. The molecule has 0 fully saturated rings. The molecule has 31 heavy (non-hydrogen) atoms. The number of hydrogen-bond donors (Lipinski definition) is 1. The monoisotopic (exact) mass is 406 g/mol. The van der Waals surface area contributed by atoms with Gasteiger partial charge in [0.2, 0.25) is 0 Å². The molecule has 0 unspecified atom stereocenters. The normalized spacial score (nSPS) is 12.0. The van der Waals surface area contributed by atoms with Gasteiger partial charge < -0.3 is 5.11 Å². The molecule has 0 bridgehead atoms. The minimum absolute atomic E-state index is 0.208. The molecule has 0 aliphatic heterocycles. The summed E-state index contributed by atoms with van der Waals surface area (Å²) in [6.07, 6.45) is 0. The quantitative estimate of drug-likeness (QED) is 0.360. The zero-order chi connectivity index (χ0) is 22.1. The van der Waals surface area contributed by atoms with E-state index in [0.717, 1.165) is 16.7 Å². The van der Waals surface area contributed by atoms with Crippen LogP contribution in [0.5, 0.6) is 5.75 Å². The third-order valence-corrected chi connectivity index (χ3v) is 6.58. The van der Waals surface area contributed by atoms with E-state index in [2.05, 4.69) is 107 Å². The molecule has 4 aromatic rings. The molecule has 0 aromatic heterocycles. The first-order valence-corrected chi connectivity index (χ1v) is 10.9. The van der Waals surface area contributed by atoms with Gasteiger partial charge in [-0.25, -0.2) is 0 Å². The first-order valence-electron chi connectivity index (χ1n) is 10.9. The number of hydrogen-bond acceptors (Lipinski definition) is 1. The molecule has 1 heteroatoms. The summed E-state index contributed by atoms with van der Waals surface area (Å²) >= 11 is 0. The first kappa shape index (κ1) is 20.9. The largest absolute Gasteiger partial charge is 0.507 e. The van der Waals surface area contributed by atoms with Gasteiger partial charge in [0.1, 0.15) is 5.75 Å². The summed E-state index contributed by atoms with van der Waals surface area (Å²) in [7, 11) is 0. The molecule has 0 saturated heterocycles. The summed E-state index contributed by atoms with van der Waals surface area (Å²) in [4.78, 5) is 0. The fraction of sp³-hybridized carbons (Fsp3) is 0.200. The molecule has 0 radical (unpaired) electrons. The highest BCUT2D eigenvalue weighted by Gasteiger charge is 2.32. The van der Waals surface area contributed by atoms with Gasteiger partial charge in [-0.15, -0.1) is 0 Å². The van der Waals surface area contributed by atoms with Crippen LogP contribution in [-0.2, 0) is 10.8 Å². The summed E-state index contributed by atoms with van der Waals surface area (Å²) < 4.78 is 0. The maximum atomic E-state index is 11.5. The Morgan fingerprint density at radius 1 is 0.516 bits per heavy atom. The van der Waals surface area contributed by atoms with Crippen LogP contribution in [0.15, 0.2) is 103 Å². The number of phenols is 1. The lowest BCUT2D eigenvalue weighted by Crippen LogP contribution is -2.23. The second-order valence-electron chi connectivity index (χ2n) is 9.27. The SMILES string of the molecule is CC(C)(c1ccccc1)c1cc(-c2ccccc2)c(O)c(C(C)(C)c2ccccc2)c1. The molecule has 4 aromatic carbocycles. The summed E-state index contributed by atoms with van der Waals surface area (Å²) in [5.41, 5.74) is 5.91. The van der Waals surface area contributed by atoms with E-state index in [9.17, 15) is 5.11 Å². The van der Waals surface area contributed by atoms with Gasteiger partial charge in [0.15, 0.2) is 0 Å². The highest BCUT2D eigenvalue weighted by atomic mass is 16.3. The first-order chi connectivity index (χ1) is 14.8. The molecular formula is C30H30O. The number of rotatable bonds is 5. The molecule has 0 spiro atoms. The lowest BCUT2D eigenvalue weighted by Gasteiger charge is -2.32. The Hall–Kier alpha value is -3.32. The average Bonchev–Trinajstić information content (AvgIpc) is 2.80. The van der Waals surface area contributed by atoms with E-state index < -0.39 is 0 Å². The van der Waals surface area contributed by atoms with Crippen LogP contribution in [-0.4, -0.2) is 5.11 Å². The summed E-state index contributed by atoms with van der Waals surface area (Å²) in [6.45, 7) is 8.88. The van der Waals surface area contributed by atoms with Crippen molar-refractivity contribution in [2.24, 2.45) is 0 Å². The predicted octanol–water partition coefficient (Wildman–Crippen LogP) is 7.71. The Morgan fingerprint density at radius 3 is 1.48 bits per heavy atom. The summed E-state index contributed by atoms with van der Waals surface area (Å²) in [5, 5.41) is 11.5. The molecule has 0 atom stereocenters. The van der Waals surface area contributed by atoms with Crippen LogP contribution in [0.4, 0.5) is 0 Å². The van der Waals surface area contributed by atoms with Crippen molar-refractivity contribution in [1.82, 2.24) is 0 Å². The molecular weight excluding hydrogens is 376 g/mol. The van der Waals surface area contributed by atoms with Crippen LogP contribution in [0.3, 0.4) is 0 Å². The van der Waals surface area contributed by atoms with Crippen LogP contribution in [0, 0.1) is 0 Å². The van der Waals surface area contributed by atoms with Gasteiger partial charge in [-0.2, -0.15) is 0 Å². The average molecular weight is 407 g/mol. The van der Waals surface area contributed by atoms with Crippen LogP contribution < -0.4 is 0 Å². The molecule has 4 rings (SSSR count). The van der Waals surface area contributed by atoms with E-state index in [-0.39, 0.29) is 10.8 Å². The number of phenolic OH excluding ortho intramolecular Hbond substituents is 1. The Kier molecular flexibility index (Phi) is 5.45. The Balaban J connectivity index is 1.98. The minimum atomic E-state index is -0.350. The van der Waals surface area contributed by atoms with Crippen LogP contribution >= 0.6 is 0 Å². The van der Waals surface area contributed by atoms with Gasteiger partial charge in [0.25, 0.3) is 0 Å². The molecule has 0 saturated carbocycles. The third kappa shape index (κ3) is 3.88. The smallest absolute Gasteiger partial charge is 0.127 e. The highest BCUT2D eigenvalue weighted by Crippen LogP contribution is 2.45. The zero-order valence-electron chi connectivity index (χ0n) is 18.8. The lowest BCUT2D eigenvalue weighted by molar-refractivity contribution is 0.453. The van der Waals surface area contributed by atoms with Crippen molar-refractivity contribution in [3.63, 3.8) is 0 Å². The van der Waals surface area contributed by atoms with E-state index in [0.29, 0.717) is 5.75 Å². The fourth-order valence-corrected chi connectivity index (χ4v) is 4.34. The molecule has 0 heterocycles. The van der Waals surface area contributed by atoms with E-state index in [1.807, 2.05) is 24.3 Å². The highest BCUT2D eigenvalue weighted by molar-refractivity contribution is 5.74. The molecule has 156 valence electrons. The Morgan fingerprint density at radius 2 is 0.968 bits per heavy atom. The second kappa shape index (κ2) is 8.07. The predicted molar refractivity (Wildman–Crippen MR) is 131 cm³/mol.